The van der Waals surface area contributed by atoms with Crippen molar-refractivity contribution in [2.75, 3.05) is 0 Å². The zero-order chi connectivity index (χ0) is 16.5. The Bertz CT molecular complexity index is 500. The third-order valence-electron chi connectivity index (χ3n) is 3.69. The van der Waals surface area contributed by atoms with Gasteiger partial charge in [-0.1, -0.05) is 55.5 Å². The highest BCUT2D eigenvalue weighted by molar-refractivity contribution is 9.10. The summed E-state index contributed by atoms with van der Waals surface area (Å²) in [6.07, 6.45) is 6.65. The maximum Gasteiger partial charge on any atom is 0.511 e. The monoisotopic (exact) mass is 372 g/mol. The Balaban J connectivity index is 3.10. The topological polar surface area (TPSA) is 66.8 Å². The van der Waals surface area contributed by atoms with Crippen LogP contribution in [0.15, 0.2) is 10.5 Å². The van der Waals surface area contributed by atoms with Gasteiger partial charge < -0.3 is 14.9 Å². The number of benzene rings is 1. The molecule has 0 aliphatic carbocycles. The lowest BCUT2D eigenvalue weighted by molar-refractivity contribution is 0.142. The van der Waals surface area contributed by atoms with Gasteiger partial charge in [-0.25, -0.2) is 4.79 Å². The molecule has 22 heavy (non-hydrogen) atoms. The fourth-order valence-electron chi connectivity index (χ4n) is 2.52. The molecule has 1 rings (SSSR count). The first-order valence-corrected chi connectivity index (χ1v) is 8.74. The first-order chi connectivity index (χ1) is 10.5. The van der Waals surface area contributed by atoms with Gasteiger partial charge in [0.25, 0.3) is 0 Å². The molecule has 0 bridgehead atoms. The van der Waals surface area contributed by atoms with Crippen LogP contribution in [0.1, 0.15) is 63.5 Å². The van der Waals surface area contributed by atoms with E-state index in [1.54, 1.807) is 6.07 Å². The van der Waals surface area contributed by atoms with Crippen molar-refractivity contribution in [2.45, 2.75) is 65.2 Å². The minimum atomic E-state index is -1.42. The molecule has 0 aliphatic heterocycles. The Labute approximate surface area is 140 Å². The van der Waals surface area contributed by atoms with E-state index in [9.17, 15) is 9.90 Å². The van der Waals surface area contributed by atoms with Gasteiger partial charge in [0.2, 0.25) is 0 Å². The van der Waals surface area contributed by atoms with Crippen molar-refractivity contribution < 1.29 is 19.7 Å². The highest BCUT2D eigenvalue weighted by Crippen LogP contribution is 2.39. The third kappa shape index (κ3) is 5.52. The molecule has 0 aliphatic rings. The number of halogens is 1. The molecule has 0 amide bonds. The molecule has 0 fully saturated rings. The smallest absolute Gasteiger partial charge is 0.504 e. The summed E-state index contributed by atoms with van der Waals surface area (Å²) in [5.41, 5.74) is 1.88. The Hall–Kier alpha value is -1.23. The van der Waals surface area contributed by atoms with E-state index in [-0.39, 0.29) is 11.5 Å². The molecule has 4 nitrogen and oxygen atoms in total. The lowest BCUT2D eigenvalue weighted by Crippen LogP contribution is -2.06. The number of aromatic hydroxyl groups is 1. The Kier molecular flexibility index (Phi) is 8.31. The Morgan fingerprint density at radius 1 is 1.09 bits per heavy atom. The second kappa shape index (κ2) is 9.72. The van der Waals surface area contributed by atoms with Gasteiger partial charge in [0.15, 0.2) is 11.5 Å². The molecule has 0 atom stereocenters. The van der Waals surface area contributed by atoms with Gasteiger partial charge in [-0.3, -0.25) is 0 Å². The van der Waals surface area contributed by atoms with Crippen LogP contribution in [-0.2, 0) is 12.8 Å². The lowest BCUT2D eigenvalue weighted by Gasteiger charge is -2.16. The molecule has 0 radical (unpaired) electrons. The van der Waals surface area contributed by atoms with Crippen LogP contribution in [0.3, 0.4) is 0 Å². The Morgan fingerprint density at radius 2 is 1.64 bits per heavy atom. The SMILES string of the molecule is CCCCCc1c(Br)cc(OC(=O)O)c(O)c1CCCCC. The molecule has 124 valence electrons. The number of hydrogen-bond donors (Lipinski definition) is 2. The maximum absolute atomic E-state index is 10.8. The average molecular weight is 373 g/mol. The summed E-state index contributed by atoms with van der Waals surface area (Å²) in [5.74, 6) is -0.0293. The molecule has 0 saturated carbocycles. The average Bonchev–Trinajstić information content (AvgIpc) is 2.46. The first kappa shape index (κ1) is 18.8. The van der Waals surface area contributed by atoms with E-state index in [2.05, 4.69) is 29.8 Å². The molecule has 0 spiro atoms. The van der Waals surface area contributed by atoms with Gasteiger partial charge >= 0.3 is 6.16 Å². The van der Waals surface area contributed by atoms with Gasteiger partial charge in [-0.05, 0) is 37.3 Å². The molecule has 5 heteroatoms. The zero-order valence-corrected chi connectivity index (χ0v) is 14.9. The van der Waals surface area contributed by atoms with Crippen molar-refractivity contribution in [1.29, 1.82) is 0 Å². The van der Waals surface area contributed by atoms with Crippen molar-refractivity contribution in [1.82, 2.24) is 0 Å². The standard InChI is InChI=1S/C17H25BrO4/c1-3-5-7-9-12-13(10-8-6-4-2)16(19)15(11-14(12)18)22-17(20)21/h11,19H,3-10H2,1-2H3,(H,20,21). The normalized spacial score (nSPS) is 10.7. The van der Waals surface area contributed by atoms with Gasteiger partial charge in [-0.2, -0.15) is 0 Å². The summed E-state index contributed by atoms with van der Waals surface area (Å²) in [6.45, 7) is 4.28. The van der Waals surface area contributed by atoms with Gasteiger partial charge in [0, 0.05) is 10.0 Å². The van der Waals surface area contributed by atoms with Crippen LogP contribution >= 0.6 is 15.9 Å². The van der Waals surface area contributed by atoms with Crippen molar-refractivity contribution in [3.8, 4) is 11.5 Å². The number of hydrogen-bond acceptors (Lipinski definition) is 3. The predicted molar refractivity (Wildman–Crippen MR) is 90.9 cm³/mol. The van der Waals surface area contributed by atoms with Gasteiger partial charge in [0.05, 0.1) is 0 Å². The summed E-state index contributed by atoms with van der Waals surface area (Å²) in [6, 6.07) is 1.55. The second-order valence-electron chi connectivity index (χ2n) is 5.44. The lowest BCUT2D eigenvalue weighted by atomic mass is 9.95. The first-order valence-electron chi connectivity index (χ1n) is 7.95. The van der Waals surface area contributed by atoms with E-state index in [0.717, 1.165) is 67.0 Å². The third-order valence-corrected chi connectivity index (χ3v) is 4.40. The van der Waals surface area contributed by atoms with E-state index < -0.39 is 6.16 Å². The molecule has 2 N–H and O–H groups in total. The van der Waals surface area contributed by atoms with Gasteiger partial charge in [0.1, 0.15) is 0 Å². The molecule has 0 heterocycles. The van der Waals surface area contributed by atoms with E-state index in [0.29, 0.717) is 0 Å². The van der Waals surface area contributed by atoms with E-state index in [1.165, 1.54) is 0 Å². The largest absolute Gasteiger partial charge is 0.511 e. The van der Waals surface area contributed by atoms with Crippen LogP contribution in [0, 0.1) is 0 Å². The number of phenolic OH excluding ortho intramolecular Hbond substituents is 1. The molecule has 0 unspecified atom stereocenters. The van der Waals surface area contributed by atoms with Gasteiger partial charge in [-0.15, -0.1) is 0 Å². The highest BCUT2D eigenvalue weighted by Gasteiger charge is 2.18. The number of rotatable bonds is 9. The Morgan fingerprint density at radius 3 is 2.14 bits per heavy atom. The molecule has 1 aromatic carbocycles. The highest BCUT2D eigenvalue weighted by atomic mass is 79.9. The van der Waals surface area contributed by atoms with E-state index in [1.807, 2.05) is 0 Å². The second-order valence-corrected chi connectivity index (χ2v) is 6.30. The fourth-order valence-corrected chi connectivity index (χ4v) is 3.17. The summed E-state index contributed by atoms with van der Waals surface area (Å²) in [4.78, 5) is 10.8. The van der Waals surface area contributed by atoms with Crippen LogP contribution in [-0.4, -0.2) is 16.4 Å². The molecule has 0 aromatic heterocycles. The van der Waals surface area contributed by atoms with Crippen molar-refractivity contribution in [3.63, 3.8) is 0 Å². The van der Waals surface area contributed by atoms with Crippen LogP contribution in [0.4, 0.5) is 4.79 Å². The summed E-state index contributed by atoms with van der Waals surface area (Å²) >= 11 is 3.50. The summed E-state index contributed by atoms with van der Waals surface area (Å²) in [7, 11) is 0. The fraction of sp³-hybridized carbons (Fsp3) is 0.588. The predicted octanol–water partition coefficient (Wildman–Crippen LogP) is 5.68. The van der Waals surface area contributed by atoms with Crippen LogP contribution < -0.4 is 4.74 Å². The summed E-state index contributed by atoms with van der Waals surface area (Å²) in [5, 5.41) is 19.2. The van der Waals surface area contributed by atoms with Crippen molar-refractivity contribution >= 4 is 22.1 Å². The van der Waals surface area contributed by atoms with Crippen molar-refractivity contribution in [2.24, 2.45) is 0 Å². The van der Waals surface area contributed by atoms with E-state index >= 15 is 0 Å². The number of carbonyl (C=O) groups is 1. The summed E-state index contributed by atoms with van der Waals surface area (Å²) < 4.78 is 5.50. The van der Waals surface area contributed by atoms with Crippen LogP contribution in [0.5, 0.6) is 11.5 Å². The van der Waals surface area contributed by atoms with Crippen molar-refractivity contribution in [3.05, 3.63) is 21.7 Å². The molecule has 1 aromatic rings. The molecular weight excluding hydrogens is 348 g/mol. The molecule has 0 saturated heterocycles. The van der Waals surface area contributed by atoms with Crippen LogP contribution in [0.25, 0.3) is 0 Å². The maximum atomic E-state index is 10.8. The van der Waals surface area contributed by atoms with Crippen LogP contribution in [0.2, 0.25) is 0 Å². The number of ether oxygens (including phenoxy) is 1. The number of phenols is 1. The minimum absolute atomic E-state index is 0.00474. The zero-order valence-electron chi connectivity index (χ0n) is 13.3. The minimum Gasteiger partial charge on any atom is -0.504 e. The number of unbranched alkanes of at least 4 members (excludes halogenated alkanes) is 4. The number of carboxylic acid groups (broad SMARTS) is 1. The van der Waals surface area contributed by atoms with E-state index in [4.69, 9.17) is 9.84 Å². The quantitative estimate of drug-likeness (QED) is 0.332. The molecular formula is C17H25BrO4.